The lowest BCUT2D eigenvalue weighted by Gasteiger charge is -2.13. The van der Waals surface area contributed by atoms with Crippen molar-refractivity contribution >= 4 is 5.97 Å². The first-order chi connectivity index (χ1) is 7.31. The topological polar surface area (TPSA) is 46.5 Å². The van der Waals surface area contributed by atoms with Crippen molar-refractivity contribution < 1.29 is 32.2 Å². The van der Waals surface area contributed by atoms with Crippen LogP contribution >= 0.6 is 0 Å². The van der Waals surface area contributed by atoms with Gasteiger partial charge in [0.15, 0.2) is 0 Å². The average molecular weight is 238 g/mol. The van der Waals surface area contributed by atoms with E-state index in [-0.39, 0.29) is 0 Å². The van der Waals surface area contributed by atoms with Crippen LogP contribution in [-0.2, 0) is 4.79 Å². The van der Waals surface area contributed by atoms with E-state index >= 15 is 0 Å². The Morgan fingerprint density at radius 3 is 2.38 bits per heavy atom. The predicted octanol–water partition coefficient (Wildman–Crippen LogP) is 2.68. The average Bonchev–Trinajstić information content (AvgIpc) is 2.15. The van der Waals surface area contributed by atoms with Crippen LogP contribution in [-0.4, -0.2) is 17.4 Å². The Morgan fingerprint density at radius 1 is 1.31 bits per heavy atom. The Labute approximate surface area is 87.3 Å². The van der Waals surface area contributed by atoms with E-state index in [1.165, 1.54) is 12.1 Å². The van der Waals surface area contributed by atoms with E-state index in [4.69, 9.17) is 5.11 Å². The number of ether oxygens (including phenoxy) is 1. The van der Waals surface area contributed by atoms with E-state index in [0.29, 0.717) is 0 Å². The maximum absolute atomic E-state index is 13.0. The third kappa shape index (κ3) is 3.11. The number of benzene rings is 1. The van der Waals surface area contributed by atoms with E-state index in [9.17, 15) is 22.4 Å². The van der Waals surface area contributed by atoms with Crippen molar-refractivity contribution in [1.29, 1.82) is 0 Å². The van der Waals surface area contributed by atoms with E-state index in [1.54, 1.807) is 0 Å². The highest BCUT2D eigenvalue weighted by molar-refractivity contribution is 5.75. The molecule has 0 bridgehead atoms. The second kappa shape index (κ2) is 4.38. The maximum atomic E-state index is 13.0. The van der Waals surface area contributed by atoms with Gasteiger partial charge in [0.1, 0.15) is 5.75 Å². The standard InChI is InChI=1S/C9H6F4O3/c10-7(8(14)15)5-3-1-2-4-6(5)16-9(11,12)13/h1-4,7H,(H,14,15). The molecule has 1 aromatic rings. The minimum Gasteiger partial charge on any atom is -0.479 e. The Bertz CT molecular complexity index is 389. The van der Waals surface area contributed by atoms with Gasteiger partial charge in [-0.25, -0.2) is 9.18 Å². The van der Waals surface area contributed by atoms with Gasteiger partial charge in [-0.2, -0.15) is 0 Å². The number of alkyl halides is 4. The van der Waals surface area contributed by atoms with Gasteiger partial charge in [-0.05, 0) is 6.07 Å². The van der Waals surface area contributed by atoms with E-state index in [2.05, 4.69) is 4.74 Å². The van der Waals surface area contributed by atoms with Crippen LogP contribution < -0.4 is 4.74 Å². The van der Waals surface area contributed by atoms with Crippen LogP contribution in [0, 0.1) is 0 Å². The van der Waals surface area contributed by atoms with Crippen molar-refractivity contribution in [3.8, 4) is 5.75 Å². The number of halogens is 4. The zero-order chi connectivity index (χ0) is 12.3. The smallest absolute Gasteiger partial charge is 0.479 e. The fraction of sp³-hybridized carbons (Fsp3) is 0.222. The minimum absolute atomic E-state index is 0.674. The monoisotopic (exact) mass is 238 g/mol. The van der Waals surface area contributed by atoms with Gasteiger partial charge in [0.25, 0.3) is 0 Å². The SMILES string of the molecule is O=C(O)C(F)c1ccccc1OC(F)(F)F. The molecule has 0 saturated heterocycles. The molecule has 0 spiro atoms. The third-order valence-corrected chi connectivity index (χ3v) is 1.63. The zero-order valence-electron chi connectivity index (χ0n) is 7.66. The van der Waals surface area contributed by atoms with Crippen molar-refractivity contribution in [3.05, 3.63) is 29.8 Å². The first-order valence-electron chi connectivity index (χ1n) is 4.03. The van der Waals surface area contributed by atoms with E-state index in [0.717, 1.165) is 12.1 Å². The van der Waals surface area contributed by atoms with Crippen molar-refractivity contribution in [2.24, 2.45) is 0 Å². The molecule has 0 saturated carbocycles. The van der Waals surface area contributed by atoms with E-state index < -0.39 is 29.8 Å². The van der Waals surface area contributed by atoms with Gasteiger partial charge in [-0.3, -0.25) is 0 Å². The molecule has 1 N–H and O–H groups in total. The van der Waals surface area contributed by atoms with Gasteiger partial charge in [0.05, 0.1) is 0 Å². The molecule has 0 aliphatic carbocycles. The fourth-order valence-corrected chi connectivity index (χ4v) is 1.04. The van der Waals surface area contributed by atoms with Gasteiger partial charge in [-0.1, -0.05) is 18.2 Å². The molecule has 16 heavy (non-hydrogen) atoms. The van der Waals surface area contributed by atoms with Crippen LogP contribution in [0.25, 0.3) is 0 Å². The number of carboxylic acid groups (broad SMARTS) is 1. The molecule has 1 atom stereocenters. The Hall–Kier alpha value is -1.79. The lowest BCUT2D eigenvalue weighted by atomic mass is 10.1. The molecule has 0 fully saturated rings. The summed E-state index contributed by atoms with van der Waals surface area (Å²) in [5.41, 5.74) is -0.674. The number of carboxylic acids is 1. The van der Waals surface area contributed by atoms with Crippen LogP contribution in [0.5, 0.6) is 5.75 Å². The predicted molar refractivity (Wildman–Crippen MR) is 44.6 cm³/mol. The van der Waals surface area contributed by atoms with Gasteiger partial charge >= 0.3 is 12.3 Å². The van der Waals surface area contributed by atoms with Crippen LogP contribution in [0.1, 0.15) is 11.7 Å². The highest BCUT2D eigenvalue weighted by Crippen LogP contribution is 2.31. The van der Waals surface area contributed by atoms with Crippen molar-refractivity contribution in [1.82, 2.24) is 0 Å². The molecular weight excluding hydrogens is 232 g/mol. The van der Waals surface area contributed by atoms with Gasteiger partial charge in [-0.15, -0.1) is 13.2 Å². The highest BCUT2D eigenvalue weighted by Gasteiger charge is 2.34. The summed E-state index contributed by atoms with van der Waals surface area (Å²) in [5.74, 6) is -2.73. The summed E-state index contributed by atoms with van der Waals surface area (Å²) in [5, 5.41) is 8.35. The molecule has 0 aromatic heterocycles. The van der Waals surface area contributed by atoms with Crippen LogP contribution in [0.2, 0.25) is 0 Å². The summed E-state index contributed by atoms with van der Waals surface area (Å²) in [7, 11) is 0. The Kier molecular flexibility index (Phi) is 3.36. The van der Waals surface area contributed by atoms with Crippen LogP contribution in [0.3, 0.4) is 0 Å². The molecule has 3 nitrogen and oxygen atoms in total. The van der Waals surface area contributed by atoms with Crippen molar-refractivity contribution in [2.45, 2.75) is 12.5 Å². The summed E-state index contributed by atoms with van der Waals surface area (Å²) in [6, 6.07) is 4.16. The second-order valence-corrected chi connectivity index (χ2v) is 2.79. The Morgan fingerprint density at radius 2 is 1.88 bits per heavy atom. The number of para-hydroxylation sites is 1. The minimum atomic E-state index is -4.99. The number of hydrogen-bond acceptors (Lipinski definition) is 2. The zero-order valence-corrected chi connectivity index (χ0v) is 7.66. The third-order valence-electron chi connectivity index (χ3n) is 1.63. The summed E-state index contributed by atoms with van der Waals surface area (Å²) in [6.45, 7) is 0. The number of rotatable bonds is 3. The quantitative estimate of drug-likeness (QED) is 0.823. The van der Waals surface area contributed by atoms with E-state index in [1.807, 2.05) is 0 Å². The molecule has 1 rings (SSSR count). The van der Waals surface area contributed by atoms with Gasteiger partial charge < -0.3 is 9.84 Å². The molecule has 1 unspecified atom stereocenters. The normalized spacial score (nSPS) is 13.2. The largest absolute Gasteiger partial charge is 0.573 e. The first kappa shape index (κ1) is 12.3. The molecular formula is C9H6F4O3. The summed E-state index contributed by atoms with van der Waals surface area (Å²) in [6.07, 6.45) is -7.55. The van der Waals surface area contributed by atoms with Crippen molar-refractivity contribution in [3.63, 3.8) is 0 Å². The fourth-order valence-electron chi connectivity index (χ4n) is 1.04. The molecule has 0 aliphatic heterocycles. The molecule has 88 valence electrons. The number of aliphatic carboxylic acids is 1. The number of hydrogen-bond donors (Lipinski definition) is 1. The lowest BCUT2D eigenvalue weighted by Crippen LogP contribution is -2.19. The first-order valence-corrected chi connectivity index (χ1v) is 4.03. The lowest BCUT2D eigenvalue weighted by molar-refractivity contribution is -0.275. The summed E-state index contributed by atoms with van der Waals surface area (Å²) >= 11 is 0. The van der Waals surface area contributed by atoms with Crippen LogP contribution in [0.4, 0.5) is 17.6 Å². The molecule has 1 aromatic carbocycles. The van der Waals surface area contributed by atoms with Crippen LogP contribution in [0.15, 0.2) is 24.3 Å². The summed E-state index contributed by atoms with van der Waals surface area (Å²) < 4.78 is 52.2. The van der Waals surface area contributed by atoms with Crippen molar-refractivity contribution in [2.75, 3.05) is 0 Å². The van der Waals surface area contributed by atoms with Gasteiger partial charge in [0, 0.05) is 5.56 Å². The summed E-state index contributed by atoms with van der Waals surface area (Å²) in [4.78, 5) is 10.3. The second-order valence-electron chi connectivity index (χ2n) is 2.79. The molecule has 0 radical (unpaired) electrons. The molecule has 0 heterocycles. The molecule has 0 aliphatic rings. The number of carbonyl (C=O) groups is 1. The maximum Gasteiger partial charge on any atom is 0.573 e. The van der Waals surface area contributed by atoms with Gasteiger partial charge in [0.2, 0.25) is 6.17 Å². The molecule has 7 heteroatoms. The Balaban J connectivity index is 3.05. The molecule has 0 amide bonds. The highest BCUT2D eigenvalue weighted by atomic mass is 19.4.